The molecule has 2 heterocycles. The minimum absolute atomic E-state index is 0.144. The van der Waals surface area contributed by atoms with Crippen LogP contribution in [-0.2, 0) is 4.79 Å². The quantitative estimate of drug-likeness (QED) is 0.634. The van der Waals surface area contributed by atoms with Crippen LogP contribution >= 0.6 is 0 Å². The van der Waals surface area contributed by atoms with Crippen LogP contribution in [0.1, 0.15) is 42.4 Å². The molecule has 2 atom stereocenters. The van der Waals surface area contributed by atoms with E-state index in [0.717, 1.165) is 11.3 Å². The number of fused-ring (bicyclic) bond motifs is 1. The predicted molar refractivity (Wildman–Crippen MR) is 108 cm³/mol. The Morgan fingerprint density at radius 2 is 1.79 bits per heavy atom. The van der Waals surface area contributed by atoms with E-state index in [9.17, 15) is 14.0 Å². The number of hydrogen-bond acceptors (Lipinski definition) is 3. The summed E-state index contributed by atoms with van der Waals surface area (Å²) in [5, 5.41) is 0. The van der Waals surface area contributed by atoms with Crippen molar-refractivity contribution < 1.29 is 18.4 Å². The number of furan rings is 1. The van der Waals surface area contributed by atoms with E-state index >= 15 is 0 Å². The molecule has 0 spiro atoms. The molecule has 6 heteroatoms. The summed E-state index contributed by atoms with van der Waals surface area (Å²) in [6, 6.07) is 16.3. The van der Waals surface area contributed by atoms with Crippen molar-refractivity contribution in [3.63, 3.8) is 0 Å². The lowest BCUT2D eigenvalue weighted by Crippen LogP contribution is -2.47. The first-order chi connectivity index (χ1) is 14.0. The Hall–Kier alpha value is -3.41. The predicted octanol–water partition coefficient (Wildman–Crippen LogP) is 4.95. The molecule has 2 unspecified atom stereocenters. The summed E-state index contributed by atoms with van der Waals surface area (Å²) >= 11 is 0. The molecule has 0 saturated heterocycles. The van der Waals surface area contributed by atoms with E-state index in [1.165, 1.54) is 25.3 Å². The number of carbonyl (C=O) groups is 2. The van der Waals surface area contributed by atoms with Gasteiger partial charge in [-0.25, -0.2) is 4.39 Å². The monoisotopic (exact) mass is 392 g/mol. The van der Waals surface area contributed by atoms with Gasteiger partial charge in [-0.05, 0) is 61.4 Å². The number of carbonyl (C=O) groups excluding carboxylic acids is 2. The summed E-state index contributed by atoms with van der Waals surface area (Å²) in [5.41, 5.74) is 2.23. The zero-order valence-corrected chi connectivity index (χ0v) is 16.2. The summed E-state index contributed by atoms with van der Waals surface area (Å²) in [5.74, 6) is -0.448. The Bertz CT molecular complexity index is 1030. The fourth-order valence-electron chi connectivity index (χ4n) is 4.04. The number of para-hydroxylation sites is 1. The number of amides is 2. The molecular formula is C23H21FN2O3. The van der Waals surface area contributed by atoms with Crippen LogP contribution in [0.15, 0.2) is 71.3 Å². The fourth-order valence-corrected chi connectivity index (χ4v) is 4.04. The third-order valence-corrected chi connectivity index (χ3v) is 5.27. The number of nitrogens with zero attached hydrogens (tertiary/aromatic N) is 2. The first-order valence-electron chi connectivity index (χ1n) is 9.48. The molecule has 1 aliphatic rings. The number of hydrogen-bond donors (Lipinski definition) is 0. The molecule has 148 valence electrons. The van der Waals surface area contributed by atoms with Gasteiger partial charge in [-0.15, -0.1) is 0 Å². The van der Waals surface area contributed by atoms with Gasteiger partial charge >= 0.3 is 0 Å². The van der Waals surface area contributed by atoms with E-state index in [1.807, 2.05) is 31.2 Å². The topological polar surface area (TPSA) is 53.8 Å². The van der Waals surface area contributed by atoms with E-state index in [4.69, 9.17) is 4.42 Å². The van der Waals surface area contributed by atoms with Gasteiger partial charge in [0.1, 0.15) is 5.82 Å². The second-order valence-corrected chi connectivity index (χ2v) is 7.18. The Morgan fingerprint density at radius 1 is 1.07 bits per heavy atom. The van der Waals surface area contributed by atoms with Crippen LogP contribution in [-0.4, -0.2) is 17.9 Å². The summed E-state index contributed by atoms with van der Waals surface area (Å²) < 4.78 is 18.7. The average Bonchev–Trinajstić information content (AvgIpc) is 3.24. The highest BCUT2D eigenvalue weighted by Crippen LogP contribution is 2.42. The van der Waals surface area contributed by atoms with Crippen molar-refractivity contribution in [2.75, 3.05) is 9.80 Å². The van der Waals surface area contributed by atoms with Gasteiger partial charge in [0, 0.05) is 24.3 Å². The molecule has 4 rings (SSSR count). The maximum Gasteiger partial charge on any atom is 0.294 e. The molecule has 3 aromatic rings. The minimum atomic E-state index is -0.357. The molecular weight excluding hydrogens is 371 g/mol. The Labute approximate surface area is 168 Å². The molecule has 0 radical (unpaired) electrons. The largest absolute Gasteiger partial charge is 0.459 e. The zero-order valence-electron chi connectivity index (χ0n) is 16.2. The second kappa shape index (κ2) is 7.54. The van der Waals surface area contributed by atoms with Crippen LogP contribution in [0.4, 0.5) is 15.8 Å². The van der Waals surface area contributed by atoms with E-state index < -0.39 is 0 Å². The number of rotatable bonds is 3. The van der Waals surface area contributed by atoms with Crippen molar-refractivity contribution in [1.82, 2.24) is 0 Å². The SMILES string of the molecule is CC(=O)N(c1ccc(F)cc1)C1CC(C)N(C(=O)c2ccco2)c2ccccc21. The molecule has 0 aliphatic carbocycles. The molecule has 2 aromatic carbocycles. The van der Waals surface area contributed by atoms with Crippen LogP contribution < -0.4 is 9.80 Å². The van der Waals surface area contributed by atoms with E-state index in [1.54, 1.807) is 34.1 Å². The van der Waals surface area contributed by atoms with Gasteiger partial charge in [0.05, 0.1) is 12.3 Å². The lowest BCUT2D eigenvalue weighted by Gasteiger charge is -2.43. The van der Waals surface area contributed by atoms with Crippen LogP contribution in [0.5, 0.6) is 0 Å². The Morgan fingerprint density at radius 3 is 2.45 bits per heavy atom. The molecule has 1 aromatic heterocycles. The first-order valence-corrected chi connectivity index (χ1v) is 9.48. The van der Waals surface area contributed by atoms with E-state index in [-0.39, 0.29) is 35.5 Å². The van der Waals surface area contributed by atoms with Gasteiger partial charge in [0.2, 0.25) is 5.91 Å². The van der Waals surface area contributed by atoms with Crippen molar-refractivity contribution in [2.45, 2.75) is 32.4 Å². The van der Waals surface area contributed by atoms with Crippen LogP contribution in [0.3, 0.4) is 0 Å². The normalized spacial score (nSPS) is 18.2. The molecule has 5 nitrogen and oxygen atoms in total. The van der Waals surface area contributed by atoms with Crippen molar-refractivity contribution in [1.29, 1.82) is 0 Å². The van der Waals surface area contributed by atoms with Gasteiger partial charge in [-0.1, -0.05) is 18.2 Å². The zero-order chi connectivity index (χ0) is 20.5. The number of benzene rings is 2. The Balaban J connectivity index is 1.79. The van der Waals surface area contributed by atoms with Gasteiger partial charge in [-0.3, -0.25) is 9.59 Å². The third kappa shape index (κ3) is 3.42. The lowest BCUT2D eigenvalue weighted by molar-refractivity contribution is -0.117. The van der Waals surface area contributed by atoms with Crippen molar-refractivity contribution in [3.05, 3.63) is 84.1 Å². The highest BCUT2D eigenvalue weighted by Gasteiger charge is 2.38. The van der Waals surface area contributed by atoms with E-state index in [2.05, 4.69) is 0 Å². The molecule has 2 amide bonds. The van der Waals surface area contributed by atoms with Crippen LogP contribution in [0.2, 0.25) is 0 Å². The highest BCUT2D eigenvalue weighted by atomic mass is 19.1. The number of anilines is 2. The molecule has 29 heavy (non-hydrogen) atoms. The summed E-state index contributed by atoms with van der Waals surface area (Å²) in [6.45, 7) is 3.45. The molecule has 1 aliphatic heterocycles. The summed E-state index contributed by atoms with van der Waals surface area (Å²) in [7, 11) is 0. The van der Waals surface area contributed by atoms with Crippen LogP contribution in [0.25, 0.3) is 0 Å². The van der Waals surface area contributed by atoms with Crippen molar-refractivity contribution >= 4 is 23.2 Å². The maximum atomic E-state index is 13.4. The lowest BCUT2D eigenvalue weighted by atomic mass is 9.89. The molecule has 0 saturated carbocycles. The third-order valence-electron chi connectivity index (χ3n) is 5.27. The highest BCUT2D eigenvalue weighted by molar-refractivity contribution is 6.06. The Kier molecular flexibility index (Phi) is 4.92. The molecule has 0 bridgehead atoms. The first kappa shape index (κ1) is 18.9. The standard InChI is InChI=1S/C23H21FN2O3/c1-15-14-21(26(16(2)27)18-11-9-17(24)10-12-18)19-6-3-4-7-20(19)25(15)23(28)22-8-5-13-29-22/h3-13,15,21H,14H2,1-2H3. The maximum absolute atomic E-state index is 13.4. The van der Waals surface area contributed by atoms with Gasteiger partial charge in [0.15, 0.2) is 5.76 Å². The average molecular weight is 392 g/mol. The molecule has 0 fully saturated rings. The van der Waals surface area contributed by atoms with Crippen LogP contribution in [0, 0.1) is 5.82 Å². The van der Waals surface area contributed by atoms with Gasteiger partial charge in [-0.2, -0.15) is 0 Å². The summed E-state index contributed by atoms with van der Waals surface area (Å²) in [6.07, 6.45) is 2.02. The summed E-state index contributed by atoms with van der Waals surface area (Å²) in [4.78, 5) is 29.0. The smallest absolute Gasteiger partial charge is 0.294 e. The van der Waals surface area contributed by atoms with Gasteiger partial charge in [0.25, 0.3) is 5.91 Å². The molecule has 0 N–H and O–H groups in total. The van der Waals surface area contributed by atoms with Crippen molar-refractivity contribution in [3.8, 4) is 0 Å². The van der Waals surface area contributed by atoms with Crippen molar-refractivity contribution in [2.24, 2.45) is 0 Å². The second-order valence-electron chi connectivity index (χ2n) is 7.18. The van der Waals surface area contributed by atoms with E-state index in [0.29, 0.717) is 12.1 Å². The fraction of sp³-hybridized carbons (Fsp3) is 0.217. The van der Waals surface area contributed by atoms with Gasteiger partial charge < -0.3 is 14.2 Å². The number of halogens is 1. The minimum Gasteiger partial charge on any atom is -0.459 e.